The molecule has 5 nitrogen and oxygen atoms in total. The first-order chi connectivity index (χ1) is 9.90. The van der Waals surface area contributed by atoms with E-state index in [9.17, 15) is 19.1 Å². The molecule has 0 saturated carbocycles. The Kier molecular flexibility index (Phi) is 4.82. The minimum absolute atomic E-state index is 0.247. The summed E-state index contributed by atoms with van der Waals surface area (Å²) in [4.78, 5) is 24.8. The van der Waals surface area contributed by atoms with E-state index >= 15 is 0 Å². The molecule has 1 unspecified atom stereocenters. The molecule has 0 bridgehead atoms. The van der Waals surface area contributed by atoms with Crippen LogP contribution in [0.3, 0.4) is 0 Å². The molecule has 2 amide bonds. The molecule has 1 fully saturated rings. The molecule has 1 aromatic carbocycles. The van der Waals surface area contributed by atoms with Gasteiger partial charge in [0.05, 0.1) is 4.47 Å². The molecule has 1 aromatic rings. The van der Waals surface area contributed by atoms with Gasteiger partial charge in [-0.1, -0.05) is 0 Å². The van der Waals surface area contributed by atoms with Crippen LogP contribution in [0.2, 0.25) is 0 Å². The number of urea groups is 1. The van der Waals surface area contributed by atoms with Crippen LogP contribution >= 0.6 is 15.9 Å². The van der Waals surface area contributed by atoms with Crippen molar-refractivity contribution in [1.29, 1.82) is 0 Å². The van der Waals surface area contributed by atoms with Crippen LogP contribution in [0.4, 0.5) is 14.9 Å². The lowest BCUT2D eigenvalue weighted by Crippen LogP contribution is -2.49. The first kappa shape index (κ1) is 15.8. The second-order valence-corrected chi connectivity index (χ2v) is 5.91. The number of halogens is 2. The number of benzene rings is 1. The van der Waals surface area contributed by atoms with Gasteiger partial charge in [0, 0.05) is 12.2 Å². The number of nitrogens with one attached hydrogen (secondary N) is 1. The topological polar surface area (TPSA) is 69.6 Å². The van der Waals surface area contributed by atoms with Gasteiger partial charge in [0.2, 0.25) is 0 Å². The van der Waals surface area contributed by atoms with Gasteiger partial charge in [0.15, 0.2) is 0 Å². The molecule has 0 aromatic heterocycles. The largest absolute Gasteiger partial charge is 0.480 e. The number of carbonyl (C=O) groups is 2. The van der Waals surface area contributed by atoms with E-state index < -0.39 is 23.9 Å². The van der Waals surface area contributed by atoms with Gasteiger partial charge in [-0.25, -0.2) is 14.0 Å². The third kappa shape index (κ3) is 3.53. The average molecular weight is 359 g/mol. The molecule has 21 heavy (non-hydrogen) atoms. The predicted molar refractivity (Wildman–Crippen MR) is 79.8 cm³/mol. The van der Waals surface area contributed by atoms with Crippen molar-refractivity contribution in [3.05, 3.63) is 28.0 Å². The molecular weight excluding hydrogens is 343 g/mol. The number of amides is 2. The molecule has 7 heteroatoms. The van der Waals surface area contributed by atoms with E-state index in [0.29, 0.717) is 24.2 Å². The smallest absolute Gasteiger partial charge is 0.326 e. The summed E-state index contributed by atoms with van der Waals surface area (Å²) in [5.41, 5.74) is 1.04. The minimum Gasteiger partial charge on any atom is -0.480 e. The molecule has 1 saturated heterocycles. The monoisotopic (exact) mass is 358 g/mol. The zero-order chi connectivity index (χ0) is 15.6. The maximum atomic E-state index is 13.4. The number of nitrogens with zero attached hydrogens (tertiary/aromatic N) is 1. The Labute approximate surface area is 130 Å². The third-order valence-corrected chi connectivity index (χ3v) is 4.17. The number of hydrogen-bond donors (Lipinski definition) is 2. The zero-order valence-electron chi connectivity index (χ0n) is 11.5. The summed E-state index contributed by atoms with van der Waals surface area (Å²) in [5.74, 6) is -1.41. The molecule has 1 heterocycles. The summed E-state index contributed by atoms with van der Waals surface area (Å²) in [6, 6.07) is 1.51. The van der Waals surface area contributed by atoms with Gasteiger partial charge < -0.3 is 15.3 Å². The summed E-state index contributed by atoms with van der Waals surface area (Å²) in [5, 5.41) is 11.8. The zero-order valence-corrected chi connectivity index (χ0v) is 13.1. The third-order valence-electron chi connectivity index (χ3n) is 3.56. The Morgan fingerprint density at radius 2 is 2.14 bits per heavy atom. The van der Waals surface area contributed by atoms with E-state index in [0.717, 1.165) is 12.8 Å². The highest BCUT2D eigenvalue weighted by atomic mass is 79.9. The van der Waals surface area contributed by atoms with E-state index in [4.69, 9.17) is 0 Å². The molecule has 0 radical (unpaired) electrons. The average Bonchev–Trinajstić information content (AvgIpc) is 2.44. The number of anilines is 1. The van der Waals surface area contributed by atoms with Crippen LogP contribution in [0.5, 0.6) is 0 Å². The standard InChI is InChI=1S/C14H16BrFN2O3/c1-8-6-10(16)9(15)7-11(8)17-14(21)18-5-3-2-4-12(18)13(19)20/h6-7,12H,2-5H2,1H3,(H,17,21)(H,19,20). The summed E-state index contributed by atoms with van der Waals surface area (Å²) in [6.07, 6.45) is 2.03. The number of aliphatic carboxylic acids is 1. The van der Waals surface area contributed by atoms with E-state index in [1.807, 2.05) is 0 Å². The summed E-state index contributed by atoms with van der Waals surface area (Å²) in [6.45, 7) is 2.08. The summed E-state index contributed by atoms with van der Waals surface area (Å²) < 4.78 is 13.6. The van der Waals surface area contributed by atoms with Crippen molar-refractivity contribution in [1.82, 2.24) is 4.90 Å². The number of carboxylic acids is 1. The Hall–Kier alpha value is -1.63. The van der Waals surface area contributed by atoms with Gasteiger partial charge >= 0.3 is 12.0 Å². The molecular formula is C14H16BrFN2O3. The van der Waals surface area contributed by atoms with Crippen LogP contribution in [0.15, 0.2) is 16.6 Å². The van der Waals surface area contributed by atoms with Crippen LogP contribution in [0.1, 0.15) is 24.8 Å². The van der Waals surface area contributed by atoms with E-state index in [1.54, 1.807) is 6.92 Å². The van der Waals surface area contributed by atoms with Crippen molar-refractivity contribution in [2.75, 3.05) is 11.9 Å². The second-order valence-electron chi connectivity index (χ2n) is 5.05. The lowest BCUT2D eigenvalue weighted by molar-refractivity contribution is -0.143. The Morgan fingerprint density at radius 1 is 1.43 bits per heavy atom. The first-order valence-electron chi connectivity index (χ1n) is 6.66. The molecule has 0 spiro atoms. The molecule has 1 aliphatic rings. The van der Waals surface area contributed by atoms with E-state index in [2.05, 4.69) is 21.2 Å². The summed E-state index contributed by atoms with van der Waals surface area (Å²) >= 11 is 3.07. The van der Waals surface area contributed by atoms with Gasteiger partial charge in [-0.3, -0.25) is 0 Å². The van der Waals surface area contributed by atoms with E-state index in [1.165, 1.54) is 17.0 Å². The summed E-state index contributed by atoms with van der Waals surface area (Å²) in [7, 11) is 0. The fourth-order valence-electron chi connectivity index (χ4n) is 2.40. The number of carbonyl (C=O) groups excluding carboxylic acids is 1. The highest BCUT2D eigenvalue weighted by Crippen LogP contribution is 2.25. The minimum atomic E-state index is -0.998. The highest BCUT2D eigenvalue weighted by molar-refractivity contribution is 9.10. The SMILES string of the molecule is Cc1cc(F)c(Br)cc1NC(=O)N1CCCCC1C(=O)O. The number of aryl methyl sites for hydroxylation is 1. The second kappa shape index (κ2) is 6.43. The van der Waals surface area contributed by atoms with Gasteiger partial charge in [-0.05, 0) is 59.8 Å². The van der Waals surface area contributed by atoms with Gasteiger partial charge in [-0.2, -0.15) is 0 Å². The van der Waals surface area contributed by atoms with Crippen molar-refractivity contribution < 1.29 is 19.1 Å². The van der Waals surface area contributed by atoms with Crippen LogP contribution < -0.4 is 5.32 Å². The van der Waals surface area contributed by atoms with Gasteiger partial charge in [0.1, 0.15) is 11.9 Å². The lowest BCUT2D eigenvalue weighted by atomic mass is 10.0. The highest BCUT2D eigenvalue weighted by Gasteiger charge is 2.32. The predicted octanol–water partition coefficient (Wildman–Crippen LogP) is 3.37. The van der Waals surface area contributed by atoms with Gasteiger partial charge in [-0.15, -0.1) is 0 Å². The first-order valence-corrected chi connectivity index (χ1v) is 7.45. The molecule has 114 valence electrons. The van der Waals surface area contributed by atoms with Crippen molar-refractivity contribution in [2.45, 2.75) is 32.2 Å². The van der Waals surface area contributed by atoms with Crippen molar-refractivity contribution >= 4 is 33.6 Å². The Balaban J connectivity index is 2.17. The molecule has 1 aliphatic heterocycles. The maximum Gasteiger partial charge on any atom is 0.326 e. The van der Waals surface area contributed by atoms with Crippen LogP contribution in [0.25, 0.3) is 0 Å². The van der Waals surface area contributed by atoms with E-state index in [-0.39, 0.29) is 4.47 Å². The number of carboxylic acid groups (broad SMARTS) is 1. The normalized spacial score (nSPS) is 18.4. The number of hydrogen-bond acceptors (Lipinski definition) is 2. The Morgan fingerprint density at radius 3 is 2.81 bits per heavy atom. The molecule has 0 aliphatic carbocycles. The van der Waals surface area contributed by atoms with Crippen LogP contribution in [-0.2, 0) is 4.79 Å². The van der Waals surface area contributed by atoms with Crippen molar-refractivity contribution in [3.8, 4) is 0 Å². The van der Waals surface area contributed by atoms with Gasteiger partial charge in [0.25, 0.3) is 0 Å². The Bertz CT molecular complexity index is 580. The van der Waals surface area contributed by atoms with Crippen molar-refractivity contribution in [2.24, 2.45) is 0 Å². The fourth-order valence-corrected chi connectivity index (χ4v) is 2.74. The quantitative estimate of drug-likeness (QED) is 0.851. The van der Waals surface area contributed by atoms with Crippen LogP contribution in [-0.4, -0.2) is 34.6 Å². The number of piperidine rings is 1. The molecule has 2 N–H and O–H groups in total. The lowest BCUT2D eigenvalue weighted by Gasteiger charge is -2.33. The fraction of sp³-hybridized carbons (Fsp3) is 0.429. The molecule has 1 atom stereocenters. The number of rotatable bonds is 2. The number of likely N-dealkylation sites (tertiary alicyclic amines) is 1. The van der Waals surface area contributed by atoms with Crippen LogP contribution in [0, 0.1) is 12.7 Å². The molecule has 2 rings (SSSR count). The van der Waals surface area contributed by atoms with Crippen molar-refractivity contribution in [3.63, 3.8) is 0 Å². The maximum absolute atomic E-state index is 13.4.